The molecule has 2 aromatic rings. The number of aromatic nitrogens is 1. The highest BCUT2D eigenvalue weighted by molar-refractivity contribution is 5.94. The second-order valence-corrected chi connectivity index (χ2v) is 5.08. The zero-order chi connectivity index (χ0) is 15.2. The molecule has 0 saturated heterocycles. The van der Waals surface area contributed by atoms with Crippen molar-refractivity contribution in [3.63, 3.8) is 0 Å². The number of aryl methyl sites for hydroxylation is 1. The van der Waals surface area contributed by atoms with Gasteiger partial charge < -0.3 is 10.2 Å². The molecule has 1 amide bonds. The Kier molecular flexibility index (Phi) is 4.93. The van der Waals surface area contributed by atoms with Crippen molar-refractivity contribution in [2.24, 2.45) is 0 Å². The van der Waals surface area contributed by atoms with Gasteiger partial charge in [0.05, 0.1) is 0 Å². The predicted molar refractivity (Wildman–Crippen MR) is 85.4 cm³/mol. The average Bonchev–Trinajstić information content (AvgIpc) is 2.49. The maximum atomic E-state index is 12.5. The Bertz CT molecular complexity index is 611. The smallest absolute Gasteiger partial charge is 0.253 e. The fourth-order valence-electron chi connectivity index (χ4n) is 2.24. The predicted octanol–water partition coefficient (Wildman–Crippen LogP) is 3.09. The topological polar surface area (TPSA) is 45.2 Å². The Morgan fingerprint density at radius 3 is 2.76 bits per heavy atom. The van der Waals surface area contributed by atoms with E-state index in [-0.39, 0.29) is 5.91 Å². The van der Waals surface area contributed by atoms with E-state index in [1.54, 1.807) is 17.3 Å². The van der Waals surface area contributed by atoms with Gasteiger partial charge in [0.2, 0.25) is 0 Å². The summed E-state index contributed by atoms with van der Waals surface area (Å²) in [5.74, 6) is 0.0185. The monoisotopic (exact) mass is 283 g/mol. The van der Waals surface area contributed by atoms with Crippen LogP contribution in [-0.2, 0) is 6.54 Å². The van der Waals surface area contributed by atoms with Crippen molar-refractivity contribution in [3.8, 4) is 0 Å². The fraction of sp³-hybridized carbons (Fsp3) is 0.294. The van der Waals surface area contributed by atoms with Crippen LogP contribution in [0, 0.1) is 6.92 Å². The van der Waals surface area contributed by atoms with Crippen molar-refractivity contribution in [2.45, 2.75) is 20.4 Å². The molecule has 4 heteroatoms. The van der Waals surface area contributed by atoms with E-state index in [0.29, 0.717) is 12.1 Å². The lowest BCUT2D eigenvalue weighted by Crippen LogP contribution is -2.26. The number of hydrogen-bond acceptors (Lipinski definition) is 3. The van der Waals surface area contributed by atoms with Gasteiger partial charge in [0.1, 0.15) is 0 Å². The first-order valence-corrected chi connectivity index (χ1v) is 7.10. The van der Waals surface area contributed by atoms with Crippen molar-refractivity contribution in [1.82, 2.24) is 9.88 Å². The lowest BCUT2D eigenvalue weighted by atomic mass is 10.1. The minimum absolute atomic E-state index is 0.0185. The summed E-state index contributed by atoms with van der Waals surface area (Å²) in [5.41, 5.74) is 3.89. The van der Waals surface area contributed by atoms with Gasteiger partial charge in [0.15, 0.2) is 0 Å². The molecule has 2 rings (SSSR count). The maximum Gasteiger partial charge on any atom is 0.253 e. The zero-order valence-corrected chi connectivity index (χ0v) is 12.8. The molecular weight excluding hydrogens is 262 g/mol. The van der Waals surface area contributed by atoms with Crippen LogP contribution in [0.25, 0.3) is 0 Å². The summed E-state index contributed by atoms with van der Waals surface area (Å²) in [6, 6.07) is 9.61. The second-order valence-electron chi connectivity index (χ2n) is 5.08. The fourth-order valence-corrected chi connectivity index (χ4v) is 2.24. The van der Waals surface area contributed by atoms with E-state index in [4.69, 9.17) is 0 Å². The molecule has 0 aliphatic carbocycles. The molecule has 110 valence electrons. The third-order valence-electron chi connectivity index (χ3n) is 3.33. The zero-order valence-electron chi connectivity index (χ0n) is 12.8. The van der Waals surface area contributed by atoms with Gasteiger partial charge in [-0.2, -0.15) is 0 Å². The van der Waals surface area contributed by atoms with E-state index in [1.807, 2.05) is 44.3 Å². The van der Waals surface area contributed by atoms with Crippen molar-refractivity contribution >= 4 is 11.6 Å². The number of benzene rings is 1. The Morgan fingerprint density at radius 1 is 1.33 bits per heavy atom. The van der Waals surface area contributed by atoms with Gasteiger partial charge >= 0.3 is 0 Å². The first kappa shape index (κ1) is 15.0. The molecule has 1 aromatic heterocycles. The molecule has 4 nitrogen and oxygen atoms in total. The number of carbonyl (C=O) groups is 1. The number of nitrogens with one attached hydrogen (secondary N) is 1. The molecule has 0 aliphatic heterocycles. The van der Waals surface area contributed by atoms with Crippen molar-refractivity contribution < 1.29 is 4.79 Å². The van der Waals surface area contributed by atoms with Crippen LogP contribution < -0.4 is 5.32 Å². The normalized spacial score (nSPS) is 10.2. The number of pyridine rings is 1. The number of rotatable bonds is 5. The molecule has 0 unspecified atom stereocenters. The summed E-state index contributed by atoms with van der Waals surface area (Å²) in [4.78, 5) is 18.2. The molecule has 0 fully saturated rings. The van der Waals surface area contributed by atoms with Crippen LogP contribution in [0.2, 0.25) is 0 Å². The van der Waals surface area contributed by atoms with E-state index in [0.717, 1.165) is 23.4 Å². The van der Waals surface area contributed by atoms with Crippen LogP contribution in [0.3, 0.4) is 0 Å². The van der Waals surface area contributed by atoms with E-state index in [2.05, 4.69) is 17.2 Å². The Morgan fingerprint density at radius 2 is 2.14 bits per heavy atom. The van der Waals surface area contributed by atoms with Crippen molar-refractivity contribution in [1.29, 1.82) is 0 Å². The van der Waals surface area contributed by atoms with E-state index >= 15 is 0 Å². The van der Waals surface area contributed by atoms with Gasteiger partial charge in [-0.25, -0.2) is 0 Å². The van der Waals surface area contributed by atoms with Crippen LogP contribution in [0.1, 0.15) is 28.4 Å². The summed E-state index contributed by atoms with van der Waals surface area (Å²) in [6.45, 7) is 5.49. The number of amides is 1. The quantitative estimate of drug-likeness (QED) is 0.917. The molecule has 0 aliphatic rings. The summed E-state index contributed by atoms with van der Waals surface area (Å²) >= 11 is 0. The highest BCUT2D eigenvalue weighted by Gasteiger charge is 2.13. The van der Waals surface area contributed by atoms with Crippen LogP contribution >= 0.6 is 0 Å². The average molecular weight is 283 g/mol. The number of carbonyl (C=O) groups excluding carboxylic acids is 1. The van der Waals surface area contributed by atoms with Crippen LogP contribution in [0.5, 0.6) is 0 Å². The number of nitrogens with zero attached hydrogens (tertiary/aromatic N) is 2. The standard InChI is InChI=1S/C17H21N3O/c1-4-19-16-8-7-15(10-13(16)2)17(21)20(3)12-14-6-5-9-18-11-14/h5-11,19H,4,12H2,1-3H3. The molecule has 21 heavy (non-hydrogen) atoms. The summed E-state index contributed by atoms with van der Waals surface area (Å²) in [5, 5.41) is 3.28. The van der Waals surface area contributed by atoms with Gasteiger partial charge in [0, 0.05) is 43.8 Å². The van der Waals surface area contributed by atoms with Gasteiger partial charge in [-0.3, -0.25) is 9.78 Å². The molecule has 0 atom stereocenters. The Hall–Kier alpha value is -2.36. The molecular formula is C17H21N3O. The lowest BCUT2D eigenvalue weighted by molar-refractivity contribution is 0.0785. The molecule has 0 spiro atoms. The largest absolute Gasteiger partial charge is 0.385 e. The van der Waals surface area contributed by atoms with Gasteiger partial charge in [-0.05, 0) is 49.2 Å². The van der Waals surface area contributed by atoms with Crippen molar-refractivity contribution in [2.75, 3.05) is 18.9 Å². The SMILES string of the molecule is CCNc1ccc(C(=O)N(C)Cc2cccnc2)cc1C. The van der Waals surface area contributed by atoms with Crippen LogP contribution in [0.15, 0.2) is 42.7 Å². The van der Waals surface area contributed by atoms with E-state index < -0.39 is 0 Å². The van der Waals surface area contributed by atoms with E-state index in [9.17, 15) is 4.79 Å². The summed E-state index contributed by atoms with van der Waals surface area (Å²) in [7, 11) is 1.81. The highest BCUT2D eigenvalue weighted by atomic mass is 16.2. The van der Waals surface area contributed by atoms with Crippen LogP contribution in [-0.4, -0.2) is 29.4 Å². The number of anilines is 1. The maximum absolute atomic E-state index is 12.5. The summed E-state index contributed by atoms with van der Waals surface area (Å²) in [6.07, 6.45) is 3.51. The van der Waals surface area contributed by atoms with Gasteiger partial charge in [0.25, 0.3) is 5.91 Å². The molecule has 0 radical (unpaired) electrons. The number of hydrogen-bond donors (Lipinski definition) is 1. The molecule has 1 aromatic carbocycles. The van der Waals surface area contributed by atoms with Gasteiger partial charge in [-0.1, -0.05) is 6.07 Å². The molecule has 0 saturated carbocycles. The summed E-state index contributed by atoms with van der Waals surface area (Å²) < 4.78 is 0. The minimum atomic E-state index is 0.0185. The third-order valence-corrected chi connectivity index (χ3v) is 3.33. The van der Waals surface area contributed by atoms with Crippen molar-refractivity contribution in [3.05, 3.63) is 59.4 Å². The first-order chi connectivity index (χ1) is 10.1. The highest BCUT2D eigenvalue weighted by Crippen LogP contribution is 2.17. The molecule has 0 bridgehead atoms. The van der Waals surface area contributed by atoms with Crippen LogP contribution in [0.4, 0.5) is 5.69 Å². The lowest BCUT2D eigenvalue weighted by Gasteiger charge is -2.18. The molecule has 1 N–H and O–H groups in total. The Labute approximate surface area is 125 Å². The van der Waals surface area contributed by atoms with E-state index in [1.165, 1.54) is 0 Å². The molecule has 1 heterocycles. The first-order valence-electron chi connectivity index (χ1n) is 7.10. The Balaban J connectivity index is 2.10. The third kappa shape index (κ3) is 3.81. The second kappa shape index (κ2) is 6.88. The van der Waals surface area contributed by atoms with Gasteiger partial charge in [-0.15, -0.1) is 0 Å². The minimum Gasteiger partial charge on any atom is -0.385 e.